The second-order valence-corrected chi connectivity index (χ2v) is 8.96. The molecule has 4 saturated carbocycles. The molecule has 4 aliphatic rings. The molecule has 0 spiro atoms. The van der Waals surface area contributed by atoms with Crippen LogP contribution < -0.4 is 0 Å². The lowest BCUT2D eigenvalue weighted by molar-refractivity contribution is -0.0335. The maximum absolute atomic E-state index is 6.31. The molecule has 0 radical (unpaired) electrons. The Morgan fingerprint density at radius 3 is 1.58 bits per heavy atom. The molecule has 108 valence electrons. The van der Waals surface area contributed by atoms with Crippen molar-refractivity contribution in [1.29, 1.82) is 0 Å². The van der Waals surface area contributed by atoms with Crippen molar-refractivity contribution in [1.82, 2.24) is 0 Å². The number of fused-ring (bicyclic) bond motifs is 4. The first-order valence-electron chi connectivity index (χ1n) is 8.65. The number of rotatable bonds is 4. The minimum Gasteiger partial charge on any atom is -0.380 e. The van der Waals surface area contributed by atoms with E-state index in [9.17, 15) is 0 Å². The lowest BCUT2D eigenvalue weighted by atomic mass is 9.74. The standard InChI is InChI=1S/C18H30O/c1-17(9-13-3-5-15(17)7-13)11-19-12-18(2)10-14-4-6-16(18)8-14/h13-16H,3-12H2,1-2H3. The van der Waals surface area contributed by atoms with Gasteiger partial charge in [0.05, 0.1) is 13.2 Å². The molecule has 19 heavy (non-hydrogen) atoms. The predicted octanol–water partition coefficient (Wildman–Crippen LogP) is 4.66. The molecular formula is C18H30O. The summed E-state index contributed by atoms with van der Waals surface area (Å²) in [7, 11) is 0. The summed E-state index contributed by atoms with van der Waals surface area (Å²) in [5, 5.41) is 0. The Morgan fingerprint density at radius 1 is 0.789 bits per heavy atom. The Labute approximate surface area is 118 Å². The number of hydrogen-bond donors (Lipinski definition) is 0. The minimum atomic E-state index is 0.525. The van der Waals surface area contributed by atoms with Gasteiger partial charge in [-0.3, -0.25) is 0 Å². The zero-order chi connectivity index (χ0) is 13.1. The predicted molar refractivity (Wildman–Crippen MR) is 77.9 cm³/mol. The topological polar surface area (TPSA) is 9.23 Å². The molecular weight excluding hydrogens is 232 g/mol. The van der Waals surface area contributed by atoms with E-state index in [0.717, 1.165) is 36.9 Å². The summed E-state index contributed by atoms with van der Waals surface area (Å²) in [4.78, 5) is 0. The van der Waals surface area contributed by atoms with Gasteiger partial charge in [0, 0.05) is 0 Å². The van der Waals surface area contributed by atoms with Crippen LogP contribution in [0.3, 0.4) is 0 Å². The van der Waals surface area contributed by atoms with E-state index in [1.807, 2.05) is 0 Å². The first-order chi connectivity index (χ1) is 9.07. The van der Waals surface area contributed by atoms with Crippen molar-refractivity contribution in [3.8, 4) is 0 Å². The van der Waals surface area contributed by atoms with Gasteiger partial charge in [-0.05, 0) is 73.0 Å². The fourth-order valence-corrected chi connectivity index (χ4v) is 6.31. The van der Waals surface area contributed by atoms with Gasteiger partial charge < -0.3 is 4.74 Å². The Morgan fingerprint density at radius 2 is 1.26 bits per heavy atom. The van der Waals surface area contributed by atoms with Crippen LogP contribution in [0, 0.1) is 34.5 Å². The van der Waals surface area contributed by atoms with Crippen LogP contribution in [0.5, 0.6) is 0 Å². The van der Waals surface area contributed by atoms with Crippen molar-refractivity contribution < 1.29 is 4.74 Å². The highest BCUT2D eigenvalue weighted by atomic mass is 16.5. The van der Waals surface area contributed by atoms with Gasteiger partial charge in [-0.25, -0.2) is 0 Å². The van der Waals surface area contributed by atoms with Crippen molar-refractivity contribution >= 4 is 0 Å². The largest absolute Gasteiger partial charge is 0.380 e. The van der Waals surface area contributed by atoms with E-state index < -0.39 is 0 Å². The third kappa shape index (κ3) is 1.99. The lowest BCUT2D eigenvalue weighted by Crippen LogP contribution is -2.34. The van der Waals surface area contributed by atoms with Gasteiger partial charge in [0.2, 0.25) is 0 Å². The van der Waals surface area contributed by atoms with E-state index >= 15 is 0 Å². The van der Waals surface area contributed by atoms with Crippen molar-refractivity contribution in [2.24, 2.45) is 34.5 Å². The molecule has 0 aromatic heterocycles. The van der Waals surface area contributed by atoms with Crippen LogP contribution >= 0.6 is 0 Å². The molecule has 4 bridgehead atoms. The van der Waals surface area contributed by atoms with Crippen molar-refractivity contribution in [3.63, 3.8) is 0 Å². The number of hydrogen-bond acceptors (Lipinski definition) is 1. The van der Waals surface area contributed by atoms with Gasteiger partial charge in [0.25, 0.3) is 0 Å². The molecule has 0 N–H and O–H groups in total. The maximum Gasteiger partial charge on any atom is 0.0522 e. The van der Waals surface area contributed by atoms with E-state index in [0.29, 0.717) is 10.8 Å². The quantitative estimate of drug-likeness (QED) is 0.716. The highest BCUT2D eigenvalue weighted by Crippen LogP contribution is 2.57. The van der Waals surface area contributed by atoms with Crippen molar-refractivity contribution in [2.75, 3.05) is 13.2 Å². The Kier molecular flexibility index (Phi) is 2.82. The normalized spacial score (nSPS) is 55.3. The van der Waals surface area contributed by atoms with Crippen LogP contribution in [0.4, 0.5) is 0 Å². The molecule has 0 aromatic rings. The summed E-state index contributed by atoms with van der Waals surface area (Å²) >= 11 is 0. The second kappa shape index (κ2) is 4.23. The van der Waals surface area contributed by atoms with Gasteiger partial charge in [-0.2, -0.15) is 0 Å². The Balaban J connectivity index is 1.32. The molecule has 0 aromatic carbocycles. The zero-order valence-corrected chi connectivity index (χ0v) is 12.8. The maximum atomic E-state index is 6.31. The van der Waals surface area contributed by atoms with Crippen LogP contribution in [0.2, 0.25) is 0 Å². The average molecular weight is 262 g/mol. The molecule has 1 nitrogen and oxygen atoms in total. The van der Waals surface area contributed by atoms with E-state index in [1.54, 1.807) is 0 Å². The highest BCUT2D eigenvalue weighted by molar-refractivity contribution is 5.00. The molecule has 0 saturated heterocycles. The summed E-state index contributed by atoms with van der Waals surface area (Å²) in [5.74, 6) is 4.03. The monoisotopic (exact) mass is 262 g/mol. The van der Waals surface area contributed by atoms with Crippen LogP contribution in [0.15, 0.2) is 0 Å². The SMILES string of the molecule is CC1(COCC2(C)CC3CCC2C3)CC2CCC1C2. The summed E-state index contributed by atoms with van der Waals surface area (Å²) in [5.41, 5.74) is 1.05. The lowest BCUT2D eigenvalue weighted by Gasteiger charge is -2.37. The summed E-state index contributed by atoms with van der Waals surface area (Å²) in [6.07, 6.45) is 11.9. The molecule has 0 heterocycles. The number of ether oxygens (including phenoxy) is 1. The molecule has 4 aliphatic carbocycles. The van der Waals surface area contributed by atoms with Crippen LogP contribution in [0.25, 0.3) is 0 Å². The molecule has 0 amide bonds. The molecule has 1 heteroatoms. The van der Waals surface area contributed by atoms with E-state index in [2.05, 4.69) is 13.8 Å². The Bertz CT molecular complexity index is 331. The molecule has 0 aliphatic heterocycles. The first kappa shape index (κ1) is 12.7. The molecule has 6 atom stereocenters. The summed E-state index contributed by atoms with van der Waals surface area (Å²) in [6.45, 7) is 7.09. The van der Waals surface area contributed by atoms with Gasteiger partial charge in [-0.15, -0.1) is 0 Å². The average Bonchev–Trinajstić information content (AvgIpc) is 3.06. The Hall–Kier alpha value is -0.0400. The minimum absolute atomic E-state index is 0.525. The first-order valence-corrected chi connectivity index (χ1v) is 8.65. The second-order valence-electron chi connectivity index (χ2n) is 8.96. The fourth-order valence-electron chi connectivity index (χ4n) is 6.31. The molecule has 4 fully saturated rings. The van der Waals surface area contributed by atoms with Crippen LogP contribution in [0.1, 0.15) is 65.2 Å². The summed E-state index contributed by atoms with van der Waals surface area (Å²) < 4.78 is 6.31. The van der Waals surface area contributed by atoms with Gasteiger partial charge in [0.1, 0.15) is 0 Å². The third-order valence-corrected chi connectivity index (χ3v) is 7.43. The highest BCUT2D eigenvalue weighted by Gasteiger charge is 2.50. The molecule has 6 unspecified atom stereocenters. The van der Waals surface area contributed by atoms with Crippen molar-refractivity contribution in [2.45, 2.75) is 65.2 Å². The fraction of sp³-hybridized carbons (Fsp3) is 1.00. The van der Waals surface area contributed by atoms with Gasteiger partial charge in [0.15, 0.2) is 0 Å². The third-order valence-electron chi connectivity index (χ3n) is 7.43. The van der Waals surface area contributed by atoms with Gasteiger partial charge in [-0.1, -0.05) is 26.7 Å². The molecule has 4 rings (SSSR count). The summed E-state index contributed by atoms with van der Waals surface area (Å²) in [6, 6.07) is 0. The van der Waals surface area contributed by atoms with E-state index in [-0.39, 0.29) is 0 Å². The van der Waals surface area contributed by atoms with Gasteiger partial charge >= 0.3 is 0 Å². The zero-order valence-electron chi connectivity index (χ0n) is 12.8. The van der Waals surface area contributed by atoms with E-state index in [1.165, 1.54) is 51.4 Å². The van der Waals surface area contributed by atoms with Crippen molar-refractivity contribution in [3.05, 3.63) is 0 Å². The van der Waals surface area contributed by atoms with E-state index in [4.69, 9.17) is 4.74 Å². The smallest absolute Gasteiger partial charge is 0.0522 e. The van der Waals surface area contributed by atoms with Crippen LogP contribution in [-0.2, 0) is 4.74 Å². The van der Waals surface area contributed by atoms with Crippen LogP contribution in [-0.4, -0.2) is 13.2 Å².